The molecule has 0 aliphatic carbocycles. The molecule has 0 bridgehead atoms. The van der Waals surface area contributed by atoms with Crippen LogP contribution in [-0.4, -0.2) is 13.0 Å². The average molecular weight is 401 g/mol. The molecular weight excluding hydrogens is 389 g/mol. The van der Waals surface area contributed by atoms with Crippen LogP contribution in [0.2, 0.25) is 15.1 Å². The Morgan fingerprint density at radius 2 is 1.96 bits per heavy atom. The number of amides is 1. The van der Waals surface area contributed by atoms with E-state index in [1.807, 2.05) is 18.2 Å². The number of halogens is 3. The number of carbonyl (C=O) groups excluding carboxylic acids is 1. The van der Waals surface area contributed by atoms with Gasteiger partial charge < -0.3 is 10.1 Å². The van der Waals surface area contributed by atoms with Crippen molar-refractivity contribution in [3.63, 3.8) is 0 Å². The Balaban J connectivity index is 1.82. The highest BCUT2D eigenvalue weighted by atomic mass is 35.5. The minimum atomic E-state index is -0.244. The number of fused-ring (bicyclic) bond motifs is 1. The van der Waals surface area contributed by atoms with Crippen molar-refractivity contribution in [3.05, 3.63) is 61.9 Å². The lowest BCUT2D eigenvalue weighted by Gasteiger charge is -2.06. The number of nitrogens with one attached hydrogen (secondary N) is 1. The molecule has 0 aliphatic rings. The number of thiophene rings is 1. The lowest BCUT2D eigenvalue weighted by Crippen LogP contribution is -2.22. The SMILES string of the molecule is COc1ccc2c(Cl)c(C(=O)NCc3ccc(Cl)cc3Cl)sc2c1. The Morgan fingerprint density at radius 1 is 1.17 bits per heavy atom. The number of benzene rings is 2. The minimum Gasteiger partial charge on any atom is -0.497 e. The second-order valence-electron chi connectivity index (χ2n) is 5.03. The Labute approximate surface area is 158 Å². The van der Waals surface area contributed by atoms with Crippen LogP contribution < -0.4 is 10.1 Å². The van der Waals surface area contributed by atoms with Crippen molar-refractivity contribution in [3.8, 4) is 5.75 Å². The Hall–Kier alpha value is -1.46. The van der Waals surface area contributed by atoms with Crippen LogP contribution in [0.25, 0.3) is 10.1 Å². The van der Waals surface area contributed by atoms with Crippen LogP contribution in [0.15, 0.2) is 36.4 Å². The van der Waals surface area contributed by atoms with E-state index in [1.165, 1.54) is 11.3 Å². The summed E-state index contributed by atoms with van der Waals surface area (Å²) in [4.78, 5) is 12.9. The van der Waals surface area contributed by atoms with E-state index in [9.17, 15) is 4.79 Å². The first kappa shape index (κ1) is 17.4. The number of hydrogen-bond donors (Lipinski definition) is 1. The van der Waals surface area contributed by atoms with Gasteiger partial charge in [-0.05, 0) is 35.9 Å². The van der Waals surface area contributed by atoms with Crippen molar-refractivity contribution in [2.24, 2.45) is 0 Å². The molecule has 2 aromatic carbocycles. The van der Waals surface area contributed by atoms with Crippen molar-refractivity contribution in [1.82, 2.24) is 5.32 Å². The van der Waals surface area contributed by atoms with Crippen molar-refractivity contribution < 1.29 is 9.53 Å². The summed E-state index contributed by atoms with van der Waals surface area (Å²) < 4.78 is 6.09. The summed E-state index contributed by atoms with van der Waals surface area (Å²) in [7, 11) is 1.60. The number of rotatable bonds is 4. The van der Waals surface area contributed by atoms with Gasteiger partial charge in [0.25, 0.3) is 5.91 Å². The molecule has 1 heterocycles. The van der Waals surface area contributed by atoms with Gasteiger partial charge in [-0.25, -0.2) is 0 Å². The molecule has 0 radical (unpaired) electrons. The number of methoxy groups -OCH3 is 1. The maximum atomic E-state index is 12.5. The summed E-state index contributed by atoms with van der Waals surface area (Å²) in [6, 6.07) is 10.7. The first-order chi connectivity index (χ1) is 11.5. The minimum absolute atomic E-state index is 0.244. The van der Waals surface area contributed by atoms with Gasteiger partial charge in [0.15, 0.2) is 0 Å². The highest BCUT2D eigenvalue weighted by Gasteiger charge is 2.17. The second-order valence-corrected chi connectivity index (χ2v) is 7.30. The lowest BCUT2D eigenvalue weighted by atomic mass is 10.2. The van der Waals surface area contributed by atoms with Crippen LogP contribution in [0.5, 0.6) is 5.75 Å². The van der Waals surface area contributed by atoms with E-state index in [0.717, 1.165) is 21.4 Å². The second kappa shape index (κ2) is 7.19. The molecule has 0 unspecified atom stereocenters. The van der Waals surface area contributed by atoms with Crippen LogP contribution in [0.1, 0.15) is 15.2 Å². The zero-order chi connectivity index (χ0) is 17.3. The molecule has 0 atom stereocenters. The van der Waals surface area contributed by atoms with Crippen molar-refractivity contribution >= 4 is 62.1 Å². The van der Waals surface area contributed by atoms with Gasteiger partial charge in [0.05, 0.1) is 12.1 Å². The molecule has 1 N–H and O–H groups in total. The predicted molar refractivity (Wildman–Crippen MR) is 101 cm³/mol. The van der Waals surface area contributed by atoms with Gasteiger partial charge in [0.2, 0.25) is 0 Å². The van der Waals surface area contributed by atoms with Crippen molar-refractivity contribution in [2.75, 3.05) is 7.11 Å². The molecule has 3 aromatic rings. The van der Waals surface area contributed by atoms with Crippen LogP contribution in [0.4, 0.5) is 0 Å². The van der Waals surface area contributed by atoms with Gasteiger partial charge in [-0.1, -0.05) is 40.9 Å². The van der Waals surface area contributed by atoms with Gasteiger partial charge in [-0.15, -0.1) is 11.3 Å². The molecule has 0 saturated heterocycles. The van der Waals surface area contributed by atoms with E-state index in [-0.39, 0.29) is 5.91 Å². The molecule has 3 rings (SSSR count). The van der Waals surface area contributed by atoms with Gasteiger partial charge >= 0.3 is 0 Å². The Kier molecular flexibility index (Phi) is 5.21. The van der Waals surface area contributed by atoms with Gasteiger partial charge in [0.1, 0.15) is 10.6 Å². The third-order valence-corrected chi connectivity index (χ3v) is 5.74. The number of carbonyl (C=O) groups is 1. The molecule has 124 valence electrons. The zero-order valence-electron chi connectivity index (χ0n) is 12.5. The fourth-order valence-electron chi connectivity index (χ4n) is 2.24. The molecule has 0 fully saturated rings. The normalized spacial score (nSPS) is 10.8. The molecule has 0 spiro atoms. The molecule has 3 nitrogen and oxygen atoms in total. The molecule has 0 saturated carbocycles. The summed E-state index contributed by atoms with van der Waals surface area (Å²) in [5, 5.41) is 5.17. The first-order valence-corrected chi connectivity index (χ1v) is 8.93. The largest absolute Gasteiger partial charge is 0.497 e. The summed E-state index contributed by atoms with van der Waals surface area (Å²) >= 11 is 19.7. The van der Waals surface area contributed by atoms with Crippen molar-refractivity contribution in [2.45, 2.75) is 6.54 Å². The van der Waals surface area contributed by atoms with E-state index in [2.05, 4.69) is 5.32 Å². The smallest absolute Gasteiger partial charge is 0.263 e. The third-order valence-electron chi connectivity index (χ3n) is 3.50. The average Bonchev–Trinajstić information content (AvgIpc) is 2.90. The molecule has 1 aromatic heterocycles. The van der Waals surface area contributed by atoms with Gasteiger partial charge in [0, 0.05) is 26.7 Å². The lowest BCUT2D eigenvalue weighted by molar-refractivity contribution is 0.0955. The highest BCUT2D eigenvalue weighted by Crippen LogP contribution is 2.37. The standard InChI is InChI=1S/C17H12Cl3NO2S/c1-23-11-4-5-12-14(7-11)24-16(15(12)20)17(22)21-8-9-2-3-10(18)6-13(9)19/h2-7H,8H2,1H3,(H,21,22). The third kappa shape index (κ3) is 3.47. The highest BCUT2D eigenvalue weighted by molar-refractivity contribution is 7.21. The number of ether oxygens (including phenoxy) is 1. The Bertz CT molecular complexity index is 924. The quantitative estimate of drug-likeness (QED) is 0.601. The topological polar surface area (TPSA) is 38.3 Å². The monoisotopic (exact) mass is 399 g/mol. The van der Waals surface area contributed by atoms with E-state index in [4.69, 9.17) is 39.5 Å². The molecule has 0 aliphatic heterocycles. The van der Waals surface area contributed by atoms with Crippen LogP contribution in [-0.2, 0) is 6.54 Å². The molecule has 24 heavy (non-hydrogen) atoms. The maximum absolute atomic E-state index is 12.5. The van der Waals surface area contributed by atoms with E-state index < -0.39 is 0 Å². The zero-order valence-corrected chi connectivity index (χ0v) is 15.6. The molecule has 1 amide bonds. The van der Waals surface area contributed by atoms with Crippen LogP contribution >= 0.6 is 46.1 Å². The fourth-order valence-corrected chi connectivity index (χ4v) is 4.18. The van der Waals surface area contributed by atoms with Crippen LogP contribution in [0.3, 0.4) is 0 Å². The van der Waals surface area contributed by atoms with E-state index in [1.54, 1.807) is 25.3 Å². The van der Waals surface area contributed by atoms with E-state index >= 15 is 0 Å². The predicted octanol–water partition coefficient (Wildman–Crippen LogP) is 5.80. The van der Waals surface area contributed by atoms with Crippen molar-refractivity contribution in [1.29, 1.82) is 0 Å². The Morgan fingerprint density at radius 3 is 2.67 bits per heavy atom. The molecule has 7 heteroatoms. The first-order valence-electron chi connectivity index (χ1n) is 6.97. The number of hydrogen-bond acceptors (Lipinski definition) is 3. The van der Waals surface area contributed by atoms with E-state index in [0.29, 0.717) is 26.5 Å². The summed E-state index contributed by atoms with van der Waals surface area (Å²) in [5.41, 5.74) is 0.785. The summed E-state index contributed by atoms with van der Waals surface area (Å²) in [5.74, 6) is 0.478. The maximum Gasteiger partial charge on any atom is 0.263 e. The molecular formula is C17H12Cl3NO2S. The summed E-state index contributed by atoms with van der Waals surface area (Å²) in [6.45, 7) is 0.294. The van der Waals surface area contributed by atoms with Gasteiger partial charge in [-0.2, -0.15) is 0 Å². The van der Waals surface area contributed by atoms with Crippen LogP contribution in [0, 0.1) is 0 Å². The fraction of sp³-hybridized carbons (Fsp3) is 0.118. The van der Waals surface area contributed by atoms with Gasteiger partial charge in [-0.3, -0.25) is 4.79 Å². The summed E-state index contributed by atoms with van der Waals surface area (Å²) in [6.07, 6.45) is 0.